The van der Waals surface area contributed by atoms with E-state index in [-0.39, 0.29) is 0 Å². The summed E-state index contributed by atoms with van der Waals surface area (Å²) in [6.45, 7) is 2.96. The normalized spacial score (nSPS) is 26.5. The predicted octanol–water partition coefficient (Wildman–Crippen LogP) is 3.82. The molecule has 2 atom stereocenters. The maximum Gasteiger partial charge on any atom is 0.125 e. The number of hydrogen-bond acceptors (Lipinski definition) is 2. The number of aryl methyl sites for hydroxylation is 1. The van der Waals surface area contributed by atoms with Gasteiger partial charge in [0.2, 0.25) is 0 Å². The van der Waals surface area contributed by atoms with E-state index in [1.807, 2.05) is 0 Å². The molecular weight excluding hydrogens is 272 g/mol. The highest BCUT2D eigenvalue weighted by molar-refractivity contribution is 6.16. The topological polar surface area (TPSA) is 27.1 Å². The van der Waals surface area contributed by atoms with Gasteiger partial charge in [-0.3, -0.25) is 0 Å². The SMILES string of the molecule is Cc1ccc2c(c1)nc(CCl)n2C1CCOC1C1CC1. The van der Waals surface area contributed by atoms with Crippen molar-refractivity contribution in [3.05, 3.63) is 29.6 Å². The Morgan fingerprint density at radius 3 is 2.95 bits per heavy atom. The molecule has 4 heteroatoms. The van der Waals surface area contributed by atoms with Gasteiger partial charge in [-0.25, -0.2) is 4.98 Å². The van der Waals surface area contributed by atoms with Crippen LogP contribution < -0.4 is 0 Å². The number of hydrogen-bond donors (Lipinski definition) is 0. The molecule has 1 aromatic carbocycles. The highest BCUT2D eigenvalue weighted by atomic mass is 35.5. The highest BCUT2D eigenvalue weighted by Gasteiger charge is 2.42. The van der Waals surface area contributed by atoms with Crippen LogP contribution in [0.4, 0.5) is 0 Å². The van der Waals surface area contributed by atoms with Crippen LogP contribution in [0.5, 0.6) is 0 Å². The van der Waals surface area contributed by atoms with Crippen molar-refractivity contribution in [2.24, 2.45) is 5.92 Å². The van der Waals surface area contributed by atoms with E-state index in [2.05, 4.69) is 29.7 Å². The van der Waals surface area contributed by atoms with Crippen LogP contribution in [0.2, 0.25) is 0 Å². The summed E-state index contributed by atoms with van der Waals surface area (Å²) in [5.41, 5.74) is 3.50. The minimum atomic E-state index is 0.357. The van der Waals surface area contributed by atoms with Crippen LogP contribution in [0.25, 0.3) is 11.0 Å². The van der Waals surface area contributed by atoms with E-state index in [4.69, 9.17) is 21.3 Å². The molecule has 3 nitrogen and oxygen atoms in total. The summed E-state index contributed by atoms with van der Waals surface area (Å²) < 4.78 is 8.34. The number of aromatic nitrogens is 2. The maximum absolute atomic E-state index is 6.14. The summed E-state index contributed by atoms with van der Waals surface area (Å²) >= 11 is 6.14. The summed E-state index contributed by atoms with van der Waals surface area (Å²) in [5.74, 6) is 2.18. The van der Waals surface area contributed by atoms with Crippen molar-refractivity contribution in [3.63, 3.8) is 0 Å². The molecule has 1 saturated heterocycles. The zero-order valence-electron chi connectivity index (χ0n) is 11.7. The van der Waals surface area contributed by atoms with Gasteiger partial charge in [0.15, 0.2) is 0 Å². The molecule has 2 aliphatic rings. The Balaban J connectivity index is 1.84. The van der Waals surface area contributed by atoms with Gasteiger partial charge in [0.05, 0.1) is 29.1 Å². The molecule has 1 aromatic heterocycles. The van der Waals surface area contributed by atoms with Gasteiger partial charge in [0.1, 0.15) is 5.82 Å². The number of ether oxygens (including phenoxy) is 1. The van der Waals surface area contributed by atoms with Crippen LogP contribution >= 0.6 is 11.6 Å². The van der Waals surface area contributed by atoms with Gasteiger partial charge in [-0.1, -0.05) is 6.07 Å². The largest absolute Gasteiger partial charge is 0.376 e. The van der Waals surface area contributed by atoms with E-state index in [1.165, 1.54) is 23.9 Å². The Hall–Kier alpha value is -1.06. The second-order valence-corrected chi connectivity index (χ2v) is 6.32. The fourth-order valence-electron chi connectivity index (χ4n) is 3.47. The molecule has 1 aliphatic carbocycles. The molecule has 20 heavy (non-hydrogen) atoms. The molecule has 2 fully saturated rings. The van der Waals surface area contributed by atoms with Crippen LogP contribution in [0.3, 0.4) is 0 Å². The second-order valence-electron chi connectivity index (χ2n) is 6.05. The summed E-state index contributed by atoms with van der Waals surface area (Å²) in [4.78, 5) is 4.73. The first-order valence-corrected chi connectivity index (χ1v) is 7.96. The first kappa shape index (κ1) is 12.7. The molecule has 2 aromatic rings. The number of halogens is 1. The predicted molar refractivity (Wildman–Crippen MR) is 80.1 cm³/mol. The number of imidazole rings is 1. The monoisotopic (exact) mass is 290 g/mol. The summed E-state index contributed by atoms with van der Waals surface area (Å²) in [6, 6.07) is 6.88. The van der Waals surface area contributed by atoms with E-state index in [9.17, 15) is 0 Å². The molecule has 1 aliphatic heterocycles. The van der Waals surface area contributed by atoms with Gasteiger partial charge in [-0.2, -0.15) is 0 Å². The molecule has 106 valence electrons. The van der Waals surface area contributed by atoms with Crippen LogP contribution in [-0.2, 0) is 10.6 Å². The molecule has 0 bridgehead atoms. The Bertz CT molecular complexity index is 647. The highest BCUT2D eigenvalue weighted by Crippen LogP contribution is 2.44. The number of fused-ring (bicyclic) bond motifs is 1. The van der Waals surface area contributed by atoms with Crippen molar-refractivity contribution in [2.75, 3.05) is 6.61 Å². The second kappa shape index (κ2) is 4.74. The number of benzene rings is 1. The lowest BCUT2D eigenvalue weighted by atomic mass is 10.1. The number of rotatable bonds is 3. The molecule has 4 rings (SSSR count). The van der Waals surface area contributed by atoms with Crippen LogP contribution in [0.15, 0.2) is 18.2 Å². The Labute approximate surface area is 123 Å². The van der Waals surface area contributed by atoms with Crippen LogP contribution in [-0.4, -0.2) is 22.3 Å². The lowest BCUT2D eigenvalue weighted by molar-refractivity contribution is 0.0754. The minimum absolute atomic E-state index is 0.357. The van der Waals surface area contributed by atoms with Crippen molar-refractivity contribution in [3.8, 4) is 0 Å². The first-order chi connectivity index (χ1) is 9.78. The quantitative estimate of drug-likeness (QED) is 0.804. The molecular formula is C16H19ClN2O. The van der Waals surface area contributed by atoms with E-state index >= 15 is 0 Å². The van der Waals surface area contributed by atoms with Crippen LogP contribution in [0.1, 0.15) is 36.7 Å². The summed E-state index contributed by atoms with van der Waals surface area (Å²) in [7, 11) is 0. The lowest BCUT2D eigenvalue weighted by Gasteiger charge is -2.22. The van der Waals surface area contributed by atoms with E-state index in [0.29, 0.717) is 18.0 Å². The van der Waals surface area contributed by atoms with Crippen molar-refractivity contribution in [1.82, 2.24) is 9.55 Å². The van der Waals surface area contributed by atoms with E-state index in [0.717, 1.165) is 30.3 Å². The standard InChI is InChI=1S/C16H19ClN2O/c1-10-2-5-13-12(8-10)18-15(9-17)19(13)14-6-7-20-16(14)11-3-4-11/h2,5,8,11,14,16H,3-4,6-7,9H2,1H3. The smallest absolute Gasteiger partial charge is 0.125 e. The van der Waals surface area contributed by atoms with Crippen molar-refractivity contribution in [1.29, 1.82) is 0 Å². The third-order valence-corrected chi connectivity index (χ3v) is 4.80. The summed E-state index contributed by atoms with van der Waals surface area (Å²) in [5, 5.41) is 0. The lowest BCUT2D eigenvalue weighted by Crippen LogP contribution is -2.23. The zero-order chi connectivity index (χ0) is 13.7. The minimum Gasteiger partial charge on any atom is -0.376 e. The molecule has 0 spiro atoms. The van der Waals surface area contributed by atoms with Gasteiger partial charge in [-0.15, -0.1) is 11.6 Å². The van der Waals surface area contributed by atoms with Gasteiger partial charge in [-0.05, 0) is 49.8 Å². The van der Waals surface area contributed by atoms with E-state index < -0.39 is 0 Å². The first-order valence-electron chi connectivity index (χ1n) is 7.43. The summed E-state index contributed by atoms with van der Waals surface area (Å²) in [6.07, 6.45) is 4.05. The van der Waals surface area contributed by atoms with Crippen LogP contribution in [0, 0.1) is 12.8 Å². The van der Waals surface area contributed by atoms with Gasteiger partial charge in [0, 0.05) is 6.61 Å². The van der Waals surface area contributed by atoms with Crippen molar-refractivity contribution < 1.29 is 4.74 Å². The van der Waals surface area contributed by atoms with E-state index in [1.54, 1.807) is 0 Å². The third kappa shape index (κ3) is 1.95. The van der Waals surface area contributed by atoms with Crippen molar-refractivity contribution in [2.45, 2.75) is 44.2 Å². The van der Waals surface area contributed by atoms with Gasteiger partial charge < -0.3 is 9.30 Å². The van der Waals surface area contributed by atoms with Gasteiger partial charge in [0.25, 0.3) is 0 Å². The Morgan fingerprint density at radius 1 is 1.35 bits per heavy atom. The number of nitrogens with zero attached hydrogens (tertiary/aromatic N) is 2. The fraction of sp³-hybridized carbons (Fsp3) is 0.562. The Kier molecular flexibility index (Phi) is 3.00. The molecule has 0 N–H and O–H groups in total. The zero-order valence-corrected chi connectivity index (χ0v) is 12.4. The average Bonchev–Trinajstić information content (AvgIpc) is 3.07. The van der Waals surface area contributed by atoms with Crippen molar-refractivity contribution >= 4 is 22.6 Å². The Morgan fingerprint density at radius 2 is 2.20 bits per heavy atom. The molecule has 0 amide bonds. The fourth-order valence-corrected chi connectivity index (χ4v) is 3.66. The molecule has 1 saturated carbocycles. The molecule has 2 heterocycles. The van der Waals surface area contributed by atoms with Gasteiger partial charge >= 0.3 is 0 Å². The molecule has 2 unspecified atom stereocenters. The number of alkyl halides is 1. The maximum atomic E-state index is 6.14. The average molecular weight is 291 g/mol. The molecule has 0 radical (unpaired) electrons. The third-order valence-electron chi connectivity index (χ3n) is 4.56.